The minimum absolute atomic E-state index is 0.0163. The lowest BCUT2D eigenvalue weighted by Gasteiger charge is -1.93. The molecule has 0 atom stereocenters. The molecule has 0 saturated carbocycles. The molecule has 0 heterocycles. The van der Waals surface area contributed by atoms with Gasteiger partial charge in [-0.2, -0.15) is 0 Å². The van der Waals surface area contributed by atoms with Gasteiger partial charge in [-0.1, -0.05) is 0 Å². The second-order valence-corrected chi connectivity index (χ2v) is 3.94. The van der Waals surface area contributed by atoms with E-state index in [0.717, 1.165) is 5.56 Å². The van der Waals surface area contributed by atoms with Crippen molar-refractivity contribution in [2.45, 2.75) is 13.8 Å². The standard InChI is InChI=1S/C9H9N2O.H2O4S/c1-6-5-8(7(2)12)3-4-9(6)11-10;1-5(2,3)4/h3-5H,1-2H3;(H2,1,2,3,4)/q+1;/p-1. The number of hydrogen-bond donors (Lipinski definition) is 1. The summed E-state index contributed by atoms with van der Waals surface area (Å²) >= 11 is 0. The summed E-state index contributed by atoms with van der Waals surface area (Å²) in [6, 6.07) is 4.97. The third-order valence-electron chi connectivity index (χ3n) is 1.71. The Balaban J connectivity index is 0.000000437. The molecule has 0 radical (unpaired) electrons. The second-order valence-electron chi connectivity index (χ2n) is 3.09. The number of carbonyl (C=O) groups is 1. The smallest absolute Gasteiger partial charge is 0.387 e. The molecule has 1 rings (SSSR count). The summed E-state index contributed by atoms with van der Waals surface area (Å²) in [6.45, 7) is 3.30. The quantitative estimate of drug-likeness (QED) is 0.354. The topological polar surface area (TPSA) is 123 Å². The minimum atomic E-state index is -4.92. The summed E-state index contributed by atoms with van der Waals surface area (Å²) in [5.74, 6) is 0.0163. The van der Waals surface area contributed by atoms with Crippen LogP contribution in [0.5, 0.6) is 0 Å². The van der Waals surface area contributed by atoms with Crippen molar-refractivity contribution in [3.8, 4) is 0 Å². The van der Waals surface area contributed by atoms with Crippen LogP contribution in [0.15, 0.2) is 18.2 Å². The number of diazo groups is 1. The molecule has 0 spiro atoms. The van der Waals surface area contributed by atoms with Gasteiger partial charge in [-0.05, 0) is 26.0 Å². The number of aryl methyl sites for hydroxylation is 1. The van der Waals surface area contributed by atoms with E-state index in [0.29, 0.717) is 11.3 Å². The van der Waals surface area contributed by atoms with Gasteiger partial charge in [0.2, 0.25) is 15.8 Å². The van der Waals surface area contributed by atoms with Gasteiger partial charge in [-0.25, -0.2) is 8.42 Å². The second kappa shape index (κ2) is 6.05. The first kappa shape index (κ1) is 15.2. The van der Waals surface area contributed by atoms with Crippen LogP contribution in [0.3, 0.4) is 0 Å². The van der Waals surface area contributed by atoms with Crippen LogP contribution in [0.1, 0.15) is 22.8 Å². The maximum Gasteiger partial charge on any atom is 0.387 e. The van der Waals surface area contributed by atoms with E-state index < -0.39 is 10.4 Å². The van der Waals surface area contributed by atoms with E-state index >= 15 is 0 Å². The maximum absolute atomic E-state index is 10.9. The van der Waals surface area contributed by atoms with E-state index in [9.17, 15) is 4.79 Å². The minimum Gasteiger partial charge on any atom is -0.726 e. The fourth-order valence-corrected chi connectivity index (χ4v) is 0.987. The lowest BCUT2D eigenvalue weighted by atomic mass is 10.1. The van der Waals surface area contributed by atoms with Crippen molar-refractivity contribution < 1.29 is 22.3 Å². The first-order valence-corrected chi connectivity index (χ1v) is 5.66. The number of nitrogens with zero attached hydrogens (tertiary/aromatic N) is 2. The molecule has 0 amide bonds. The number of ketones is 1. The summed E-state index contributed by atoms with van der Waals surface area (Å²) in [7, 11) is -4.92. The molecular formula is C9H10N2O5S. The van der Waals surface area contributed by atoms with Crippen LogP contribution in [0, 0.1) is 12.3 Å². The molecule has 92 valence electrons. The van der Waals surface area contributed by atoms with Gasteiger partial charge in [0.25, 0.3) is 0 Å². The normalized spacial score (nSPS) is 9.82. The van der Waals surface area contributed by atoms with E-state index in [1.54, 1.807) is 25.1 Å². The van der Waals surface area contributed by atoms with Crippen molar-refractivity contribution in [3.63, 3.8) is 0 Å². The van der Waals surface area contributed by atoms with Crippen LogP contribution in [0.25, 0.3) is 4.98 Å². The number of Topliss-reactive ketones (excluding diaryl/α,β-unsaturated/α-hetero) is 1. The van der Waals surface area contributed by atoms with Crippen molar-refractivity contribution in [2.75, 3.05) is 0 Å². The first-order valence-electron chi connectivity index (χ1n) is 4.30. The van der Waals surface area contributed by atoms with Gasteiger partial charge in [-0.3, -0.25) is 9.35 Å². The highest BCUT2D eigenvalue weighted by molar-refractivity contribution is 7.79. The van der Waals surface area contributed by atoms with Gasteiger partial charge >= 0.3 is 5.69 Å². The van der Waals surface area contributed by atoms with Crippen LogP contribution in [0.2, 0.25) is 0 Å². The molecule has 8 heteroatoms. The maximum atomic E-state index is 10.9. The molecule has 0 aliphatic carbocycles. The van der Waals surface area contributed by atoms with E-state index in [1.165, 1.54) is 6.92 Å². The Morgan fingerprint density at radius 1 is 1.47 bits per heavy atom. The Bertz CT molecular complexity index is 551. The zero-order valence-electron chi connectivity index (χ0n) is 9.11. The Morgan fingerprint density at radius 3 is 2.24 bits per heavy atom. The lowest BCUT2D eigenvalue weighted by Crippen LogP contribution is -1.91. The van der Waals surface area contributed by atoms with Crippen LogP contribution >= 0.6 is 0 Å². The first-order chi connectivity index (χ1) is 7.65. The van der Waals surface area contributed by atoms with E-state index in [1.807, 2.05) is 0 Å². The van der Waals surface area contributed by atoms with Crippen molar-refractivity contribution in [3.05, 3.63) is 34.3 Å². The predicted octanol–water partition coefficient (Wildman–Crippen LogP) is 1.69. The van der Waals surface area contributed by atoms with Crippen LogP contribution in [-0.4, -0.2) is 23.3 Å². The van der Waals surface area contributed by atoms with Crippen molar-refractivity contribution >= 4 is 21.9 Å². The number of hydrogen-bond acceptors (Lipinski definition) is 5. The van der Waals surface area contributed by atoms with E-state index in [2.05, 4.69) is 4.98 Å². The Kier molecular flexibility index (Phi) is 5.40. The molecule has 7 nitrogen and oxygen atoms in total. The number of carbonyl (C=O) groups excluding carboxylic acids is 1. The monoisotopic (exact) mass is 258 g/mol. The molecule has 17 heavy (non-hydrogen) atoms. The fraction of sp³-hybridized carbons (Fsp3) is 0.222. The van der Waals surface area contributed by atoms with Crippen molar-refractivity contribution in [2.24, 2.45) is 0 Å². The molecule has 0 bridgehead atoms. The van der Waals surface area contributed by atoms with Gasteiger partial charge in [0.15, 0.2) is 10.8 Å². The lowest BCUT2D eigenvalue weighted by molar-refractivity contribution is 0.101. The largest absolute Gasteiger partial charge is 0.726 e. The molecule has 1 aromatic carbocycles. The molecule has 0 fully saturated rings. The van der Waals surface area contributed by atoms with Gasteiger partial charge < -0.3 is 4.55 Å². The number of rotatable bonds is 1. The average molecular weight is 258 g/mol. The average Bonchev–Trinajstić information content (AvgIpc) is 2.14. The Morgan fingerprint density at radius 2 is 1.94 bits per heavy atom. The van der Waals surface area contributed by atoms with Crippen LogP contribution < -0.4 is 0 Å². The molecule has 0 aliphatic rings. The molecule has 0 aromatic heterocycles. The van der Waals surface area contributed by atoms with Crippen molar-refractivity contribution in [1.29, 1.82) is 5.39 Å². The Labute approximate surface area is 98.3 Å². The van der Waals surface area contributed by atoms with E-state index in [4.69, 9.17) is 22.9 Å². The summed E-state index contributed by atoms with van der Waals surface area (Å²) < 4.78 is 32.8. The third kappa shape index (κ3) is 7.13. The molecular weight excluding hydrogens is 248 g/mol. The van der Waals surface area contributed by atoms with Gasteiger partial charge in [0, 0.05) is 17.2 Å². The fourth-order valence-electron chi connectivity index (χ4n) is 0.987. The summed E-state index contributed by atoms with van der Waals surface area (Å²) in [5.41, 5.74) is 1.94. The highest BCUT2D eigenvalue weighted by atomic mass is 32.3. The Hall–Kier alpha value is -1.82. The number of benzene rings is 1. The predicted molar refractivity (Wildman–Crippen MR) is 58.3 cm³/mol. The van der Waals surface area contributed by atoms with Crippen molar-refractivity contribution in [1.82, 2.24) is 0 Å². The van der Waals surface area contributed by atoms with Gasteiger partial charge in [0.05, 0.1) is 0 Å². The summed E-state index contributed by atoms with van der Waals surface area (Å²) in [6.07, 6.45) is 0. The molecule has 0 unspecified atom stereocenters. The molecule has 0 saturated heterocycles. The molecule has 1 aromatic rings. The third-order valence-corrected chi connectivity index (χ3v) is 1.71. The SMILES string of the molecule is CC(=O)c1ccc([N+]#N)c(C)c1.O=S(=O)([O-])O. The van der Waals surface area contributed by atoms with Crippen LogP contribution in [0.4, 0.5) is 5.69 Å². The summed E-state index contributed by atoms with van der Waals surface area (Å²) in [5, 5.41) is 8.49. The van der Waals surface area contributed by atoms with Gasteiger partial charge in [0.1, 0.15) is 0 Å². The summed E-state index contributed by atoms with van der Waals surface area (Å²) in [4.78, 5) is 14.0. The van der Waals surface area contributed by atoms with Crippen LogP contribution in [-0.2, 0) is 10.4 Å². The highest BCUT2D eigenvalue weighted by Gasteiger charge is 2.10. The molecule has 1 N–H and O–H groups in total. The highest BCUT2D eigenvalue weighted by Crippen LogP contribution is 2.19. The zero-order valence-corrected chi connectivity index (χ0v) is 9.93. The van der Waals surface area contributed by atoms with E-state index in [-0.39, 0.29) is 5.78 Å². The zero-order chi connectivity index (χ0) is 13.6. The molecule has 0 aliphatic heterocycles. The van der Waals surface area contributed by atoms with Gasteiger partial charge in [-0.15, -0.1) is 0 Å².